The summed E-state index contributed by atoms with van der Waals surface area (Å²) in [6.45, 7) is 1.24. The van der Waals surface area contributed by atoms with Gasteiger partial charge in [0.2, 0.25) is 11.8 Å². The van der Waals surface area contributed by atoms with Gasteiger partial charge in [0.15, 0.2) is 5.88 Å². The van der Waals surface area contributed by atoms with E-state index in [4.69, 9.17) is 10.5 Å². The molecule has 1 unspecified atom stereocenters. The molecule has 0 aromatic rings. The van der Waals surface area contributed by atoms with Crippen molar-refractivity contribution in [3.63, 3.8) is 0 Å². The summed E-state index contributed by atoms with van der Waals surface area (Å²) in [7, 11) is 0. The molecule has 112 valence electrons. The van der Waals surface area contributed by atoms with E-state index in [0.29, 0.717) is 0 Å². The molecule has 9 heteroatoms. The predicted molar refractivity (Wildman–Crippen MR) is 59.8 cm³/mol. The fraction of sp³-hybridized carbons (Fsp3) is 0.545. The lowest BCUT2D eigenvalue weighted by atomic mass is 10.1. The highest BCUT2D eigenvalue weighted by molar-refractivity contribution is 5.96. The van der Waals surface area contributed by atoms with Gasteiger partial charge < -0.3 is 10.5 Å². The number of carbonyl (C=O) groups excluding carboxylic acids is 3. The Morgan fingerprint density at radius 1 is 1.50 bits per heavy atom. The summed E-state index contributed by atoms with van der Waals surface area (Å²) in [6.07, 6.45) is -5.08. The Hall–Kier alpha value is -2.06. The molecule has 1 heterocycles. The maximum Gasteiger partial charge on any atom is 0.454 e. The lowest BCUT2D eigenvalue weighted by Crippen LogP contribution is -2.31. The zero-order valence-electron chi connectivity index (χ0n) is 10.6. The van der Waals surface area contributed by atoms with Crippen LogP contribution in [0, 0.1) is 5.92 Å². The molecule has 0 radical (unpaired) electrons. The van der Waals surface area contributed by atoms with Gasteiger partial charge in [0.05, 0.1) is 18.6 Å². The largest absolute Gasteiger partial charge is 0.479 e. The van der Waals surface area contributed by atoms with Crippen molar-refractivity contribution in [3.8, 4) is 0 Å². The van der Waals surface area contributed by atoms with Gasteiger partial charge >= 0.3 is 6.18 Å². The number of ether oxygens (including phenoxy) is 1. The summed E-state index contributed by atoms with van der Waals surface area (Å²) in [5.74, 6) is -4.84. The molecule has 0 aromatic heterocycles. The number of carbonyl (C=O) groups is 3. The average molecular weight is 294 g/mol. The second-order valence-corrected chi connectivity index (χ2v) is 4.09. The number of allylic oxidation sites excluding steroid dienone is 1. The third kappa shape index (κ3) is 3.72. The highest BCUT2D eigenvalue weighted by atomic mass is 19.4. The number of hydrogen-bond donors (Lipinski definition) is 1. The molecular formula is C11H13F3N2O4. The number of halogens is 3. The molecule has 1 fully saturated rings. The Morgan fingerprint density at radius 2 is 2.10 bits per heavy atom. The van der Waals surface area contributed by atoms with Crippen LogP contribution in [0.5, 0.6) is 0 Å². The summed E-state index contributed by atoms with van der Waals surface area (Å²) in [5.41, 5.74) is 5.04. The number of alkyl halides is 3. The van der Waals surface area contributed by atoms with E-state index in [1.165, 1.54) is 6.92 Å². The smallest absolute Gasteiger partial charge is 0.454 e. The number of nitrogens with zero attached hydrogens (tertiary/aromatic N) is 1. The molecule has 0 bridgehead atoms. The topological polar surface area (TPSA) is 89.7 Å². The van der Waals surface area contributed by atoms with Crippen LogP contribution in [0.25, 0.3) is 0 Å². The van der Waals surface area contributed by atoms with E-state index in [2.05, 4.69) is 0 Å². The van der Waals surface area contributed by atoms with Gasteiger partial charge in [-0.25, -0.2) is 0 Å². The number of likely N-dealkylation sites (tertiary alicyclic amines) is 1. The standard InChI is InChI=1S/C11H13F3N2O4/c1-2-20-9(4-7(17)11(12,13)14)16-5-6(10(15)19)3-8(16)18/h4,6H,2-3,5H2,1H3,(H2,15,19). The first-order chi connectivity index (χ1) is 9.16. The van der Waals surface area contributed by atoms with Crippen LogP contribution in [-0.4, -0.2) is 41.8 Å². The fourth-order valence-electron chi connectivity index (χ4n) is 1.65. The van der Waals surface area contributed by atoms with Crippen LogP contribution in [0.1, 0.15) is 13.3 Å². The Kier molecular flexibility index (Phi) is 4.74. The number of ketones is 1. The van der Waals surface area contributed by atoms with Gasteiger partial charge in [0, 0.05) is 13.0 Å². The molecule has 20 heavy (non-hydrogen) atoms. The van der Waals surface area contributed by atoms with Crippen molar-refractivity contribution >= 4 is 17.6 Å². The summed E-state index contributed by atoms with van der Waals surface area (Å²) < 4.78 is 41.5. The van der Waals surface area contributed by atoms with Gasteiger partial charge in [-0.05, 0) is 6.92 Å². The lowest BCUT2D eigenvalue weighted by molar-refractivity contribution is -0.165. The van der Waals surface area contributed by atoms with Crippen molar-refractivity contribution in [3.05, 3.63) is 12.0 Å². The molecule has 2 amide bonds. The molecule has 1 aliphatic heterocycles. The second kappa shape index (κ2) is 5.93. The molecule has 0 spiro atoms. The van der Waals surface area contributed by atoms with Gasteiger partial charge in [-0.3, -0.25) is 19.3 Å². The Morgan fingerprint density at radius 3 is 2.50 bits per heavy atom. The second-order valence-electron chi connectivity index (χ2n) is 4.09. The van der Waals surface area contributed by atoms with E-state index >= 15 is 0 Å². The average Bonchev–Trinajstić information content (AvgIpc) is 2.69. The van der Waals surface area contributed by atoms with Crippen LogP contribution >= 0.6 is 0 Å². The van der Waals surface area contributed by atoms with E-state index < -0.39 is 35.6 Å². The Bertz CT molecular complexity index is 459. The molecule has 6 nitrogen and oxygen atoms in total. The lowest BCUT2D eigenvalue weighted by Gasteiger charge is -2.19. The van der Waals surface area contributed by atoms with Crippen LogP contribution in [-0.2, 0) is 19.1 Å². The molecule has 1 aliphatic rings. The van der Waals surface area contributed by atoms with Gasteiger partial charge in [0.1, 0.15) is 0 Å². The Balaban J connectivity index is 2.97. The molecule has 0 aromatic carbocycles. The van der Waals surface area contributed by atoms with E-state index in [-0.39, 0.29) is 25.6 Å². The first kappa shape index (κ1) is 16.0. The van der Waals surface area contributed by atoms with E-state index in [0.717, 1.165) is 4.90 Å². The van der Waals surface area contributed by atoms with Gasteiger partial charge in [-0.2, -0.15) is 13.2 Å². The van der Waals surface area contributed by atoms with Crippen molar-refractivity contribution in [2.24, 2.45) is 11.7 Å². The summed E-state index contributed by atoms with van der Waals surface area (Å²) in [6, 6.07) is 0. The molecule has 1 saturated heterocycles. The van der Waals surface area contributed by atoms with Crippen molar-refractivity contribution in [2.75, 3.05) is 13.2 Å². The van der Waals surface area contributed by atoms with Crippen molar-refractivity contribution in [2.45, 2.75) is 19.5 Å². The maximum absolute atomic E-state index is 12.2. The third-order valence-electron chi connectivity index (χ3n) is 2.62. The normalized spacial score (nSPS) is 20.2. The number of primary amides is 1. The number of hydrogen-bond acceptors (Lipinski definition) is 4. The minimum Gasteiger partial charge on any atom is -0.479 e. The SMILES string of the molecule is CCOC(=CC(=O)C(F)(F)F)N1CC(C(N)=O)CC1=O. The van der Waals surface area contributed by atoms with Gasteiger partial charge in [-0.1, -0.05) is 0 Å². The molecule has 1 rings (SSSR count). The van der Waals surface area contributed by atoms with Gasteiger partial charge in [0.25, 0.3) is 5.78 Å². The molecule has 0 aliphatic carbocycles. The fourth-order valence-corrected chi connectivity index (χ4v) is 1.65. The van der Waals surface area contributed by atoms with Crippen LogP contribution in [0.2, 0.25) is 0 Å². The maximum atomic E-state index is 12.2. The van der Waals surface area contributed by atoms with Crippen LogP contribution in [0.3, 0.4) is 0 Å². The van der Waals surface area contributed by atoms with E-state index in [1.54, 1.807) is 0 Å². The highest BCUT2D eigenvalue weighted by Gasteiger charge is 2.40. The van der Waals surface area contributed by atoms with E-state index in [1.807, 2.05) is 0 Å². The third-order valence-corrected chi connectivity index (χ3v) is 2.62. The van der Waals surface area contributed by atoms with Crippen LogP contribution in [0.15, 0.2) is 12.0 Å². The molecular weight excluding hydrogens is 281 g/mol. The zero-order valence-corrected chi connectivity index (χ0v) is 10.6. The number of rotatable bonds is 5. The summed E-state index contributed by atoms with van der Waals surface area (Å²) in [5, 5.41) is 0. The van der Waals surface area contributed by atoms with E-state index in [9.17, 15) is 27.6 Å². The summed E-state index contributed by atoms with van der Waals surface area (Å²) >= 11 is 0. The zero-order chi connectivity index (χ0) is 15.5. The first-order valence-electron chi connectivity index (χ1n) is 5.72. The minimum absolute atomic E-state index is 0.0397. The monoisotopic (exact) mass is 294 g/mol. The molecule has 1 atom stereocenters. The first-order valence-corrected chi connectivity index (χ1v) is 5.72. The molecule has 2 N–H and O–H groups in total. The van der Waals surface area contributed by atoms with Gasteiger partial charge in [-0.15, -0.1) is 0 Å². The minimum atomic E-state index is -5.06. The summed E-state index contributed by atoms with van der Waals surface area (Å²) in [4.78, 5) is 34.4. The van der Waals surface area contributed by atoms with Crippen molar-refractivity contribution in [1.29, 1.82) is 0 Å². The van der Waals surface area contributed by atoms with Crippen molar-refractivity contribution in [1.82, 2.24) is 4.90 Å². The Labute approximate surface area is 112 Å². The predicted octanol–water partition coefficient (Wildman–Crippen LogP) is 0.330. The van der Waals surface area contributed by atoms with Crippen LogP contribution < -0.4 is 5.73 Å². The highest BCUT2D eigenvalue weighted by Crippen LogP contribution is 2.24. The quantitative estimate of drug-likeness (QED) is 0.584. The number of nitrogens with two attached hydrogens (primary N) is 1. The van der Waals surface area contributed by atoms with Crippen molar-refractivity contribution < 1.29 is 32.3 Å². The van der Waals surface area contributed by atoms with Crippen LogP contribution in [0.4, 0.5) is 13.2 Å². The molecule has 0 saturated carbocycles. The number of amides is 2.